The first-order chi connectivity index (χ1) is 11.8. The first-order valence-electron chi connectivity index (χ1n) is 8.81. The molecule has 0 saturated heterocycles. The summed E-state index contributed by atoms with van der Waals surface area (Å²) in [5.74, 6) is 1.23. The molecule has 0 spiro atoms. The van der Waals surface area contributed by atoms with Crippen molar-refractivity contribution < 1.29 is 13.2 Å². The fourth-order valence-electron chi connectivity index (χ4n) is 3.71. The normalized spacial score (nSPS) is 25.5. The van der Waals surface area contributed by atoms with Gasteiger partial charge in [-0.1, -0.05) is 6.92 Å². The molecular weight excluding hydrogens is 331 g/mol. The minimum absolute atomic E-state index is 0.123. The average molecular weight is 353 g/mol. The van der Waals surface area contributed by atoms with Crippen LogP contribution in [0, 0.1) is 5.92 Å². The molecule has 2 aliphatic rings. The van der Waals surface area contributed by atoms with Crippen molar-refractivity contribution in [3.05, 3.63) is 23.5 Å². The average Bonchev–Trinajstić information content (AvgIpc) is 3.16. The molecule has 2 saturated carbocycles. The topological polar surface area (TPSA) is 68.2 Å². The predicted octanol–water partition coefficient (Wildman–Crippen LogP) is 3.55. The maximum Gasteiger partial charge on any atom is 0.421 e. The van der Waals surface area contributed by atoms with Crippen LogP contribution in [0.5, 0.6) is 0 Å². The summed E-state index contributed by atoms with van der Waals surface area (Å²) < 4.78 is 41.2. The molecule has 8 heteroatoms. The lowest BCUT2D eigenvalue weighted by Crippen LogP contribution is -2.22. The van der Waals surface area contributed by atoms with Gasteiger partial charge < -0.3 is 11.1 Å². The third kappa shape index (κ3) is 3.19. The third-order valence-electron chi connectivity index (χ3n) is 5.42. The van der Waals surface area contributed by atoms with Gasteiger partial charge in [0, 0.05) is 29.8 Å². The molecule has 0 bridgehead atoms. The first kappa shape index (κ1) is 16.6. The van der Waals surface area contributed by atoms with Crippen LogP contribution in [0.15, 0.2) is 12.3 Å². The maximum absolute atomic E-state index is 13.3. The van der Waals surface area contributed by atoms with Crippen molar-refractivity contribution in [2.45, 2.75) is 63.2 Å². The zero-order valence-electron chi connectivity index (χ0n) is 14.1. The second-order valence-electron chi connectivity index (χ2n) is 7.40. The SMILES string of the molecule is C[C@H](c1cc(N[C@H]2CC[C@H](N)C2)n2ncc(C(F)(F)F)c2n1)C1CC1. The zero-order valence-corrected chi connectivity index (χ0v) is 14.1. The third-order valence-corrected chi connectivity index (χ3v) is 5.42. The van der Waals surface area contributed by atoms with Crippen molar-refractivity contribution in [1.29, 1.82) is 0 Å². The number of nitrogens with zero attached hydrogens (tertiary/aromatic N) is 3. The van der Waals surface area contributed by atoms with E-state index in [-0.39, 0.29) is 23.6 Å². The Morgan fingerprint density at radius 1 is 1.28 bits per heavy atom. The van der Waals surface area contributed by atoms with E-state index in [9.17, 15) is 13.2 Å². The van der Waals surface area contributed by atoms with Crippen LogP contribution < -0.4 is 11.1 Å². The number of aromatic nitrogens is 3. The van der Waals surface area contributed by atoms with Gasteiger partial charge in [-0.15, -0.1) is 0 Å². The molecular formula is C17H22F3N5. The number of anilines is 1. The van der Waals surface area contributed by atoms with Gasteiger partial charge in [-0.25, -0.2) is 4.98 Å². The van der Waals surface area contributed by atoms with E-state index in [1.807, 2.05) is 13.0 Å². The molecule has 2 aliphatic carbocycles. The lowest BCUT2D eigenvalue weighted by Gasteiger charge is -2.18. The van der Waals surface area contributed by atoms with E-state index < -0.39 is 11.7 Å². The summed E-state index contributed by atoms with van der Waals surface area (Å²) in [4.78, 5) is 4.33. The number of hydrogen-bond acceptors (Lipinski definition) is 4. The van der Waals surface area contributed by atoms with Crippen molar-refractivity contribution in [2.24, 2.45) is 11.7 Å². The van der Waals surface area contributed by atoms with Gasteiger partial charge in [-0.3, -0.25) is 0 Å². The summed E-state index contributed by atoms with van der Waals surface area (Å²) in [6.45, 7) is 2.04. The molecule has 5 nitrogen and oxygen atoms in total. The standard InChI is InChI=1S/C17H22F3N5/c1-9(10-2-3-10)14-7-15(23-12-5-4-11(21)6-12)25-16(24-14)13(8-22-25)17(18,19)20/h7-12,23H,2-6,21H2,1H3/t9-,11-,12-/m0/s1. The number of nitrogens with two attached hydrogens (primary N) is 1. The van der Waals surface area contributed by atoms with Gasteiger partial charge >= 0.3 is 6.18 Å². The molecule has 3 N–H and O–H groups in total. The van der Waals surface area contributed by atoms with Crippen molar-refractivity contribution >= 4 is 11.5 Å². The van der Waals surface area contributed by atoms with E-state index in [1.54, 1.807) is 0 Å². The molecule has 4 rings (SSSR count). The van der Waals surface area contributed by atoms with Crippen LogP contribution >= 0.6 is 0 Å². The molecule has 0 aromatic carbocycles. The quantitative estimate of drug-likeness (QED) is 0.882. The Morgan fingerprint density at radius 3 is 2.64 bits per heavy atom. The van der Waals surface area contributed by atoms with Crippen LogP contribution in [0.4, 0.5) is 19.0 Å². The monoisotopic (exact) mass is 353 g/mol. The highest BCUT2D eigenvalue weighted by Crippen LogP contribution is 2.43. The number of halogens is 3. The molecule has 2 aromatic heterocycles. The highest BCUT2D eigenvalue weighted by atomic mass is 19.4. The van der Waals surface area contributed by atoms with Crippen LogP contribution in [0.3, 0.4) is 0 Å². The summed E-state index contributed by atoms with van der Waals surface area (Å²) in [5.41, 5.74) is 5.74. The molecule has 2 aromatic rings. The Labute approximate surface area is 143 Å². The summed E-state index contributed by atoms with van der Waals surface area (Å²) in [6, 6.07) is 2.15. The number of nitrogens with one attached hydrogen (secondary N) is 1. The van der Waals surface area contributed by atoms with E-state index in [1.165, 1.54) is 4.52 Å². The van der Waals surface area contributed by atoms with Crippen molar-refractivity contribution in [1.82, 2.24) is 14.6 Å². The van der Waals surface area contributed by atoms with Crippen molar-refractivity contribution in [2.75, 3.05) is 5.32 Å². The highest BCUT2D eigenvalue weighted by molar-refractivity contribution is 5.56. The Bertz CT molecular complexity index is 780. The number of fused-ring (bicyclic) bond motifs is 1. The molecule has 0 radical (unpaired) electrons. The second-order valence-corrected chi connectivity index (χ2v) is 7.40. The summed E-state index contributed by atoms with van der Waals surface area (Å²) in [6.07, 6.45) is 1.25. The summed E-state index contributed by atoms with van der Waals surface area (Å²) >= 11 is 0. The fraction of sp³-hybridized carbons (Fsp3) is 0.647. The molecule has 136 valence electrons. The van der Waals surface area contributed by atoms with Gasteiger partial charge in [-0.05, 0) is 38.0 Å². The van der Waals surface area contributed by atoms with Crippen LogP contribution in [0.1, 0.15) is 56.2 Å². The molecule has 2 fully saturated rings. The van der Waals surface area contributed by atoms with Crippen molar-refractivity contribution in [3.8, 4) is 0 Å². The maximum atomic E-state index is 13.3. The highest BCUT2D eigenvalue weighted by Gasteiger charge is 2.37. The molecule has 25 heavy (non-hydrogen) atoms. The summed E-state index contributed by atoms with van der Waals surface area (Å²) in [5, 5.41) is 7.29. The van der Waals surface area contributed by atoms with E-state index in [0.29, 0.717) is 17.4 Å². The van der Waals surface area contributed by atoms with Gasteiger partial charge in [0.05, 0.1) is 6.20 Å². The minimum Gasteiger partial charge on any atom is -0.367 e. The molecule has 0 aliphatic heterocycles. The molecule has 3 atom stereocenters. The van der Waals surface area contributed by atoms with Crippen LogP contribution in [-0.4, -0.2) is 26.7 Å². The first-order valence-corrected chi connectivity index (χ1v) is 8.81. The predicted molar refractivity (Wildman–Crippen MR) is 88.4 cm³/mol. The van der Waals surface area contributed by atoms with Crippen LogP contribution in [0.2, 0.25) is 0 Å². The number of rotatable bonds is 4. The Kier molecular flexibility index (Phi) is 3.90. The van der Waals surface area contributed by atoms with Crippen molar-refractivity contribution in [3.63, 3.8) is 0 Å². The van der Waals surface area contributed by atoms with E-state index in [0.717, 1.165) is 38.3 Å². The van der Waals surface area contributed by atoms with E-state index in [4.69, 9.17) is 5.73 Å². The largest absolute Gasteiger partial charge is 0.421 e. The van der Waals surface area contributed by atoms with Gasteiger partial charge in [0.2, 0.25) is 0 Å². The van der Waals surface area contributed by atoms with Gasteiger partial charge in [-0.2, -0.15) is 22.8 Å². The Hall–Kier alpha value is -1.83. The number of alkyl halides is 3. The van der Waals surface area contributed by atoms with Crippen LogP contribution in [-0.2, 0) is 6.18 Å². The van der Waals surface area contributed by atoms with Crippen LogP contribution in [0.25, 0.3) is 5.65 Å². The Balaban J connectivity index is 1.77. The van der Waals surface area contributed by atoms with Gasteiger partial charge in [0.15, 0.2) is 5.65 Å². The summed E-state index contributed by atoms with van der Waals surface area (Å²) in [7, 11) is 0. The Morgan fingerprint density at radius 2 is 2.04 bits per heavy atom. The lowest BCUT2D eigenvalue weighted by atomic mass is 10.0. The lowest BCUT2D eigenvalue weighted by molar-refractivity contribution is -0.136. The minimum atomic E-state index is -4.47. The fourth-order valence-corrected chi connectivity index (χ4v) is 3.71. The second kappa shape index (κ2) is 5.86. The molecule has 0 unspecified atom stereocenters. The van der Waals surface area contributed by atoms with Gasteiger partial charge in [0.25, 0.3) is 0 Å². The molecule has 0 amide bonds. The van der Waals surface area contributed by atoms with Gasteiger partial charge in [0.1, 0.15) is 11.4 Å². The smallest absolute Gasteiger partial charge is 0.367 e. The zero-order chi connectivity index (χ0) is 17.8. The van der Waals surface area contributed by atoms with E-state index in [2.05, 4.69) is 15.4 Å². The number of hydrogen-bond donors (Lipinski definition) is 2. The van der Waals surface area contributed by atoms with E-state index >= 15 is 0 Å². The molecule has 2 heterocycles.